The highest BCUT2D eigenvalue weighted by Crippen LogP contribution is 2.34. The van der Waals surface area contributed by atoms with Gasteiger partial charge in [0.05, 0.1) is 6.61 Å². The highest BCUT2D eigenvalue weighted by Gasteiger charge is 2.15. The molecule has 0 unspecified atom stereocenters. The number of aromatic nitrogens is 3. The van der Waals surface area contributed by atoms with Crippen molar-refractivity contribution in [2.45, 2.75) is 124 Å². The number of pyridine rings is 3. The van der Waals surface area contributed by atoms with Crippen molar-refractivity contribution < 1.29 is 18.4 Å². The Morgan fingerprint density at radius 3 is 1.44 bits per heavy atom. The molecule has 0 saturated heterocycles. The number of aryl methyl sites for hydroxylation is 5. The minimum Gasteiger partial charge on any atom is -0.493 e. The molecule has 0 fully saturated rings. The van der Waals surface area contributed by atoms with E-state index < -0.39 is 0 Å². The molecule has 0 radical (unpaired) electrons. The lowest BCUT2D eigenvalue weighted by Crippen LogP contribution is -2.36. The van der Waals surface area contributed by atoms with Gasteiger partial charge in [-0.15, -0.1) is 0 Å². The van der Waals surface area contributed by atoms with Crippen LogP contribution in [-0.4, -0.2) is 6.61 Å². The van der Waals surface area contributed by atoms with E-state index in [9.17, 15) is 0 Å². The number of para-hydroxylation sites is 1. The molecule has 0 aliphatic heterocycles. The van der Waals surface area contributed by atoms with Crippen LogP contribution in [0, 0.1) is 13.8 Å². The molecule has 4 aromatic rings. The Bertz CT molecular complexity index is 1390. The lowest BCUT2D eigenvalue weighted by molar-refractivity contribution is -0.708. The third-order valence-electron chi connectivity index (χ3n) is 8.77. The van der Waals surface area contributed by atoms with Crippen molar-refractivity contribution in [3.63, 3.8) is 0 Å². The molecule has 0 atom stereocenters. The van der Waals surface area contributed by atoms with Gasteiger partial charge in [0.2, 0.25) is 0 Å². The van der Waals surface area contributed by atoms with Crippen LogP contribution < -0.4 is 18.4 Å². The molecular weight excluding hydrogens is 550 g/mol. The molecule has 4 heteroatoms. The Hall–Kier alpha value is -3.53. The first-order chi connectivity index (χ1) is 21.8. The molecule has 0 amide bonds. The predicted molar refractivity (Wildman–Crippen MR) is 185 cm³/mol. The second-order valence-corrected chi connectivity index (χ2v) is 13.5. The van der Waals surface area contributed by atoms with Crippen LogP contribution in [0.2, 0.25) is 0 Å². The average Bonchev–Trinajstić information content (AvgIpc) is 3.02. The molecule has 0 N–H and O–H groups in total. The second-order valence-electron chi connectivity index (χ2n) is 13.5. The van der Waals surface area contributed by atoms with Gasteiger partial charge in [-0.1, -0.05) is 65.2 Å². The number of unbranched alkanes of at least 4 members (excludes halogenated alkanes) is 6. The van der Waals surface area contributed by atoms with E-state index in [-0.39, 0.29) is 0 Å². The van der Waals surface area contributed by atoms with E-state index in [4.69, 9.17) is 4.74 Å². The maximum atomic E-state index is 6.36. The molecule has 0 bridgehead atoms. The Morgan fingerprint density at radius 2 is 0.956 bits per heavy atom. The molecular formula is C41H58N3O+3. The summed E-state index contributed by atoms with van der Waals surface area (Å²) in [5, 5.41) is 0. The smallest absolute Gasteiger partial charge is 0.171 e. The lowest BCUT2D eigenvalue weighted by atomic mass is 9.94. The van der Waals surface area contributed by atoms with Gasteiger partial charge in [-0.3, -0.25) is 0 Å². The Morgan fingerprint density at radius 1 is 0.533 bits per heavy atom. The van der Waals surface area contributed by atoms with Gasteiger partial charge >= 0.3 is 0 Å². The number of ether oxygens (including phenoxy) is 1. The van der Waals surface area contributed by atoms with Crippen molar-refractivity contribution in [3.8, 4) is 16.9 Å². The molecule has 0 spiro atoms. The average molecular weight is 609 g/mol. The molecule has 240 valence electrons. The zero-order valence-electron chi connectivity index (χ0n) is 29.0. The first-order valence-corrected chi connectivity index (χ1v) is 17.5. The van der Waals surface area contributed by atoms with Gasteiger partial charge in [-0.2, -0.15) is 0 Å². The summed E-state index contributed by atoms with van der Waals surface area (Å²) in [7, 11) is 0. The van der Waals surface area contributed by atoms with E-state index in [1.165, 1.54) is 78.3 Å². The van der Waals surface area contributed by atoms with Gasteiger partial charge < -0.3 is 4.74 Å². The quantitative estimate of drug-likeness (QED) is 0.0816. The van der Waals surface area contributed by atoms with Crippen molar-refractivity contribution in [2.75, 3.05) is 6.61 Å². The molecule has 3 heterocycles. The Labute approximate surface area is 273 Å². The van der Waals surface area contributed by atoms with Gasteiger partial charge in [-0.05, 0) is 66.8 Å². The summed E-state index contributed by atoms with van der Waals surface area (Å²) in [5.74, 6) is 2.10. The van der Waals surface area contributed by atoms with E-state index >= 15 is 0 Å². The molecule has 0 aliphatic rings. The first-order valence-electron chi connectivity index (χ1n) is 17.5. The first kappa shape index (κ1) is 34.3. The minimum absolute atomic E-state index is 0.484. The third kappa shape index (κ3) is 11.1. The Balaban J connectivity index is 1.09. The summed E-state index contributed by atoms with van der Waals surface area (Å²) in [5.41, 5.74) is 7.91. The standard InChI is InChI=1S/C41H58N3O/c1-33(2)39-16-15-17-40(34(3)4)41(39)45-29-14-10-8-7-9-11-22-42-25-18-37(19-26-42)38-20-27-43(28-21-38)23-12-13-24-44-31-35(5)30-36(6)32-44/h15-21,25-28,30-34H,7-14,22-24,29H2,1-6H3/q+3. The maximum Gasteiger partial charge on any atom is 0.171 e. The summed E-state index contributed by atoms with van der Waals surface area (Å²) in [6, 6.07) is 17.9. The van der Waals surface area contributed by atoms with E-state index in [2.05, 4.69) is 141 Å². The summed E-state index contributed by atoms with van der Waals surface area (Å²) in [6.07, 6.45) is 23.2. The molecule has 0 aliphatic carbocycles. The van der Waals surface area contributed by atoms with Crippen molar-refractivity contribution in [1.29, 1.82) is 0 Å². The van der Waals surface area contributed by atoms with Gasteiger partial charge in [-0.25, -0.2) is 13.7 Å². The van der Waals surface area contributed by atoms with Crippen molar-refractivity contribution in [3.05, 3.63) is 108 Å². The number of hydrogen-bond donors (Lipinski definition) is 0. The van der Waals surface area contributed by atoms with Gasteiger partial charge in [0, 0.05) is 54.7 Å². The molecule has 1 aromatic carbocycles. The van der Waals surface area contributed by atoms with E-state index in [0.717, 1.165) is 38.4 Å². The molecule has 45 heavy (non-hydrogen) atoms. The van der Waals surface area contributed by atoms with Gasteiger partial charge in [0.25, 0.3) is 0 Å². The van der Waals surface area contributed by atoms with Crippen LogP contribution in [0.15, 0.2) is 85.7 Å². The minimum atomic E-state index is 0.484. The highest BCUT2D eigenvalue weighted by atomic mass is 16.5. The fourth-order valence-electron chi connectivity index (χ4n) is 6.24. The number of hydrogen-bond acceptors (Lipinski definition) is 1. The van der Waals surface area contributed by atoms with Crippen molar-refractivity contribution in [2.24, 2.45) is 0 Å². The molecule has 4 rings (SSSR count). The Kier molecular flexibility index (Phi) is 13.6. The van der Waals surface area contributed by atoms with Crippen molar-refractivity contribution in [1.82, 2.24) is 0 Å². The zero-order chi connectivity index (χ0) is 32.0. The normalized spacial score (nSPS) is 11.5. The van der Waals surface area contributed by atoms with Crippen LogP contribution in [0.25, 0.3) is 11.1 Å². The van der Waals surface area contributed by atoms with Gasteiger partial charge in [0.1, 0.15) is 25.4 Å². The molecule has 4 nitrogen and oxygen atoms in total. The SMILES string of the molecule is Cc1cc(C)c[n+](CCCC[n+]2ccc(-c3cc[n+](CCCCCCCCOc4c(C(C)C)cccc4C(C)C)cc3)cc2)c1. The van der Waals surface area contributed by atoms with Gasteiger partial charge in [0.15, 0.2) is 37.2 Å². The summed E-state index contributed by atoms with van der Waals surface area (Å²) >= 11 is 0. The zero-order valence-corrected chi connectivity index (χ0v) is 29.0. The van der Waals surface area contributed by atoms with E-state index in [1.54, 1.807) is 0 Å². The van der Waals surface area contributed by atoms with E-state index in [1.807, 2.05) is 0 Å². The fraction of sp³-hybridized carbons (Fsp3) is 0.488. The number of rotatable bonds is 18. The molecule has 0 saturated carbocycles. The van der Waals surface area contributed by atoms with Crippen molar-refractivity contribution >= 4 is 0 Å². The number of benzene rings is 1. The van der Waals surface area contributed by atoms with Crippen LogP contribution in [0.3, 0.4) is 0 Å². The summed E-state index contributed by atoms with van der Waals surface area (Å²) in [6.45, 7) is 17.4. The van der Waals surface area contributed by atoms with Crippen LogP contribution in [0.4, 0.5) is 0 Å². The highest BCUT2D eigenvalue weighted by molar-refractivity contribution is 5.60. The number of nitrogens with zero attached hydrogens (tertiary/aromatic N) is 3. The molecule has 3 aromatic heterocycles. The topological polar surface area (TPSA) is 20.9 Å². The lowest BCUT2D eigenvalue weighted by Gasteiger charge is -2.20. The summed E-state index contributed by atoms with van der Waals surface area (Å²) < 4.78 is 13.3. The fourth-order valence-corrected chi connectivity index (χ4v) is 6.24. The maximum absolute atomic E-state index is 6.36. The second kappa shape index (κ2) is 17.8. The van der Waals surface area contributed by atoms with Crippen LogP contribution in [0.1, 0.15) is 113 Å². The van der Waals surface area contributed by atoms with Crippen LogP contribution in [0.5, 0.6) is 5.75 Å². The predicted octanol–water partition coefficient (Wildman–Crippen LogP) is 8.98. The van der Waals surface area contributed by atoms with Crippen LogP contribution in [-0.2, 0) is 19.6 Å². The monoisotopic (exact) mass is 608 g/mol. The third-order valence-corrected chi connectivity index (χ3v) is 8.77. The largest absolute Gasteiger partial charge is 0.493 e. The van der Waals surface area contributed by atoms with Crippen LogP contribution >= 0.6 is 0 Å². The van der Waals surface area contributed by atoms with E-state index in [0.29, 0.717) is 11.8 Å². The summed E-state index contributed by atoms with van der Waals surface area (Å²) in [4.78, 5) is 0.